The molecule has 0 aliphatic carbocycles. The second kappa shape index (κ2) is 9.10. The predicted octanol–water partition coefficient (Wildman–Crippen LogP) is 2.73. The zero-order valence-electron chi connectivity index (χ0n) is 14.7. The summed E-state index contributed by atoms with van der Waals surface area (Å²) in [7, 11) is 0. The fourth-order valence-electron chi connectivity index (χ4n) is 2.41. The highest BCUT2D eigenvalue weighted by Crippen LogP contribution is 2.14. The number of nitrogens with zero attached hydrogens (tertiary/aromatic N) is 3. The van der Waals surface area contributed by atoms with Gasteiger partial charge in [0.25, 0.3) is 0 Å². The lowest BCUT2D eigenvalue weighted by atomic mass is 10.0. The molecule has 2 heterocycles. The lowest BCUT2D eigenvalue weighted by Gasteiger charge is -2.14. The summed E-state index contributed by atoms with van der Waals surface area (Å²) in [6.07, 6.45) is 5.80. The van der Waals surface area contributed by atoms with Gasteiger partial charge in [-0.1, -0.05) is 26.7 Å². The van der Waals surface area contributed by atoms with Crippen LogP contribution in [0.2, 0.25) is 0 Å². The van der Waals surface area contributed by atoms with Crippen LogP contribution in [0.15, 0.2) is 27.8 Å². The molecule has 0 fully saturated rings. The molecule has 0 bridgehead atoms. The molecule has 7 nitrogen and oxygen atoms in total. The highest BCUT2D eigenvalue weighted by Gasteiger charge is 2.08. The Morgan fingerprint density at radius 3 is 2.92 bits per heavy atom. The number of aromatic amines is 1. The highest BCUT2D eigenvalue weighted by molar-refractivity contribution is 5.78. The molecule has 0 amide bonds. The van der Waals surface area contributed by atoms with Crippen LogP contribution >= 0.6 is 0 Å². The molecule has 2 aromatic rings. The average molecular weight is 332 g/mol. The van der Waals surface area contributed by atoms with Gasteiger partial charge >= 0.3 is 0 Å². The van der Waals surface area contributed by atoms with Crippen molar-refractivity contribution in [1.29, 1.82) is 0 Å². The molecule has 0 aromatic carbocycles. The molecule has 132 valence electrons. The highest BCUT2D eigenvalue weighted by atomic mass is 16.3. The first kappa shape index (κ1) is 18.0. The van der Waals surface area contributed by atoms with Crippen molar-refractivity contribution < 1.29 is 4.42 Å². The Hall–Kier alpha value is -2.31. The van der Waals surface area contributed by atoms with E-state index in [0.29, 0.717) is 36.6 Å². The summed E-state index contributed by atoms with van der Waals surface area (Å²) in [5, 5.41) is 10.3. The quantitative estimate of drug-likeness (QED) is 0.484. The number of aromatic nitrogens is 3. The summed E-state index contributed by atoms with van der Waals surface area (Å²) >= 11 is 0. The third-order valence-electron chi connectivity index (χ3n) is 3.72. The van der Waals surface area contributed by atoms with Crippen molar-refractivity contribution >= 4 is 5.96 Å². The molecule has 0 radical (unpaired) electrons. The van der Waals surface area contributed by atoms with Crippen LogP contribution in [0.25, 0.3) is 11.6 Å². The topological polar surface area (TPSA) is 105 Å². The van der Waals surface area contributed by atoms with E-state index < -0.39 is 0 Å². The lowest BCUT2D eigenvalue weighted by molar-refractivity contribution is 0.493. The van der Waals surface area contributed by atoms with Gasteiger partial charge in [-0.2, -0.15) is 5.10 Å². The number of nitrogens with one attached hydrogen (secondary N) is 2. The first-order valence-electron chi connectivity index (χ1n) is 8.56. The molecule has 7 heteroatoms. The number of hydrogen-bond acceptors (Lipinski definition) is 4. The van der Waals surface area contributed by atoms with Gasteiger partial charge in [-0.05, 0) is 31.4 Å². The number of furan rings is 1. The second-order valence-corrected chi connectivity index (χ2v) is 6.47. The summed E-state index contributed by atoms with van der Waals surface area (Å²) in [6.45, 7) is 7.18. The molecule has 2 aromatic heterocycles. The van der Waals surface area contributed by atoms with Crippen molar-refractivity contribution in [2.45, 2.75) is 52.5 Å². The van der Waals surface area contributed by atoms with Gasteiger partial charge in [-0.3, -0.25) is 10.1 Å². The zero-order valence-corrected chi connectivity index (χ0v) is 14.7. The summed E-state index contributed by atoms with van der Waals surface area (Å²) in [5.41, 5.74) is 5.93. The van der Waals surface area contributed by atoms with Gasteiger partial charge in [0.2, 0.25) is 5.82 Å². The SMILES string of the molecule is CC(C)CCCC(C)NC(N)=NCCc1nc(-c2ccco2)n[nH]1. The maximum atomic E-state index is 5.93. The number of nitrogens with two attached hydrogens (primary N) is 1. The van der Waals surface area contributed by atoms with Crippen molar-refractivity contribution in [3.63, 3.8) is 0 Å². The Morgan fingerprint density at radius 1 is 1.38 bits per heavy atom. The van der Waals surface area contributed by atoms with Gasteiger partial charge in [0.05, 0.1) is 6.26 Å². The largest absolute Gasteiger partial charge is 0.461 e. The molecule has 0 saturated heterocycles. The third-order valence-corrected chi connectivity index (χ3v) is 3.72. The fourth-order valence-corrected chi connectivity index (χ4v) is 2.41. The molecule has 0 aliphatic rings. The van der Waals surface area contributed by atoms with Crippen LogP contribution < -0.4 is 11.1 Å². The standard InChI is InChI=1S/C17H28N6O/c1-12(2)6-4-7-13(3)20-17(18)19-10-9-15-21-16(23-22-15)14-8-5-11-24-14/h5,8,11-13H,4,6-7,9-10H2,1-3H3,(H3,18,19,20)(H,21,22,23). The van der Waals surface area contributed by atoms with E-state index in [2.05, 4.69) is 46.3 Å². The van der Waals surface area contributed by atoms with E-state index in [1.165, 1.54) is 12.8 Å². The Bertz CT molecular complexity index is 617. The molecule has 1 unspecified atom stereocenters. The van der Waals surface area contributed by atoms with Crippen molar-refractivity contribution in [1.82, 2.24) is 20.5 Å². The van der Waals surface area contributed by atoms with Gasteiger partial charge in [-0.15, -0.1) is 0 Å². The van der Waals surface area contributed by atoms with Crippen LogP contribution in [-0.4, -0.2) is 33.7 Å². The van der Waals surface area contributed by atoms with E-state index in [0.717, 1.165) is 18.2 Å². The molecule has 1 atom stereocenters. The van der Waals surface area contributed by atoms with E-state index >= 15 is 0 Å². The van der Waals surface area contributed by atoms with Crippen LogP contribution in [0, 0.1) is 5.92 Å². The van der Waals surface area contributed by atoms with Crippen molar-refractivity contribution in [3.8, 4) is 11.6 Å². The van der Waals surface area contributed by atoms with Gasteiger partial charge in [0.15, 0.2) is 11.7 Å². The summed E-state index contributed by atoms with van der Waals surface area (Å²) in [6, 6.07) is 3.97. The molecule has 2 rings (SSSR count). The van der Waals surface area contributed by atoms with Crippen LogP contribution in [0.3, 0.4) is 0 Å². The van der Waals surface area contributed by atoms with Gasteiger partial charge in [0.1, 0.15) is 5.82 Å². The Kier molecular flexibility index (Phi) is 6.84. The van der Waals surface area contributed by atoms with Gasteiger partial charge < -0.3 is 15.5 Å². The van der Waals surface area contributed by atoms with Crippen LogP contribution in [-0.2, 0) is 6.42 Å². The third kappa shape index (κ3) is 6.06. The second-order valence-electron chi connectivity index (χ2n) is 6.47. The first-order chi connectivity index (χ1) is 11.5. The maximum absolute atomic E-state index is 5.93. The van der Waals surface area contributed by atoms with E-state index in [1.54, 1.807) is 6.26 Å². The first-order valence-corrected chi connectivity index (χ1v) is 8.56. The fraction of sp³-hybridized carbons (Fsp3) is 0.588. The lowest BCUT2D eigenvalue weighted by Crippen LogP contribution is -2.38. The molecular weight excluding hydrogens is 304 g/mol. The molecular formula is C17H28N6O. The minimum Gasteiger partial charge on any atom is -0.461 e. The van der Waals surface area contributed by atoms with E-state index in [-0.39, 0.29) is 0 Å². The number of hydrogen-bond donors (Lipinski definition) is 3. The molecule has 24 heavy (non-hydrogen) atoms. The van der Waals surface area contributed by atoms with Gasteiger partial charge in [0, 0.05) is 19.0 Å². The van der Waals surface area contributed by atoms with Crippen LogP contribution in [0.1, 0.15) is 45.9 Å². The normalized spacial score (nSPS) is 13.4. The Labute approximate surface area is 143 Å². The van der Waals surface area contributed by atoms with E-state index in [9.17, 15) is 0 Å². The number of aliphatic imine (C=N–C) groups is 1. The molecule has 4 N–H and O–H groups in total. The van der Waals surface area contributed by atoms with Crippen molar-refractivity contribution in [3.05, 3.63) is 24.2 Å². The maximum Gasteiger partial charge on any atom is 0.216 e. The summed E-state index contributed by atoms with van der Waals surface area (Å²) in [4.78, 5) is 8.72. The smallest absolute Gasteiger partial charge is 0.216 e. The van der Waals surface area contributed by atoms with Crippen molar-refractivity contribution in [2.24, 2.45) is 16.6 Å². The molecule has 0 spiro atoms. The zero-order chi connectivity index (χ0) is 17.4. The monoisotopic (exact) mass is 332 g/mol. The number of rotatable bonds is 9. The van der Waals surface area contributed by atoms with E-state index in [4.69, 9.17) is 10.2 Å². The van der Waals surface area contributed by atoms with Gasteiger partial charge in [-0.25, -0.2) is 4.98 Å². The van der Waals surface area contributed by atoms with Crippen LogP contribution in [0.5, 0.6) is 0 Å². The number of H-pyrrole nitrogens is 1. The average Bonchev–Trinajstić information content (AvgIpc) is 3.17. The summed E-state index contributed by atoms with van der Waals surface area (Å²) in [5.74, 6) is 3.21. The predicted molar refractivity (Wildman–Crippen MR) is 95.6 cm³/mol. The molecule has 0 saturated carbocycles. The Balaban J connectivity index is 1.71. The number of guanidine groups is 1. The minimum atomic E-state index is 0.336. The van der Waals surface area contributed by atoms with E-state index in [1.807, 2.05) is 12.1 Å². The van der Waals surface area contributed by atoms with Crippen LogP contribution in [0.4, 0.5) is 0 Å². The summed E-state index contributed by atoms with van der Waals surface area (Å²) < 4.78 is 5.26. The van der Waals surface area contributed by atoms with Crippen molar-refractivity contribution in [2.75, 3.05) is 6.54 Å². The Morgan fingerprint density at radius 2 is 2.21 bits per heavy atom. The molecule has 0 aliphatic heterocycles. The minimum absolute atomic E-state index is 0.336.